The van der Waals surface area contributed by atoms with Crippen LogP contribution in [0.1, 0.15) is 29.7 Å². The maximum absolute atomic E-state index is 14.0. The quantitative estimate of drug-likeness (QED) is 0.885. The molecular weight excluding hydrogens is 257 g/mol. The standard InChI is InChI=1S/C16H18FNS/c1-10-4-6-15(11(2)8-10)19-16-7-5-13(12(3)18)9-14(16)17/h4-9,12H,18H2,1-3H3/t12-/m1/s1. The Hall–Kier alpha value is -1.32. The highest BCUT2D eigenvalue weighted by Gasteiger charge is 2.09. The first kappa shape index (κ1) is 14.1. The Morgan fingerprint density at radius 1 is 1.05 bits per heavy atom. The average Bonchev–Trinajstić information content (AvgIpc) is 2.34. The van der Waals surface area contributed by atoms with E-state index < -0.39 is 0 Å². The first-order valence-electron chi connectivity index (χ1n) is 6.27. The molecule has 0 amide bonds. The number of benzene rings is 2. The summed E-state index contributed by atoms with van der Waals surface area (Å²) in [7, 11) is 0. The Kier molecular flexibility index (Phi) is 4.27. The molecule has 1 atom stereocenters. The highest BCUT2D eigenvalue weighted by atomic mass is 32.2. The van der Waals surface area contributed by atoms with Gasteiger partial charge in [-0.1, -0.05) is 35.5 Å². The van der Waals surface area contributed by atoms with E-state index in [2.05, 4.69) is 13.0 Å². The number of rotatable bonds is 3. The van der Waals surface area contributed by atoms with Gasteiger partial charge in [0.05, 0.1) is 0 Å². The summed E-state index contributed by atoms with van der Waals surface area (Å²) in [6.45, 7) is 5.95. The fraction of sp³-hybridized carbons (Fsp3) is 0.250. The molecule has 0 saturated heterocycles. The number of hydrogen-bond donors (Lipinski definition) is 1. The summed E-state index contributed by atoms with van der Waals surface area (Å²) in [6, 6.07) is 11.3. The Labute approximate surface area is 118 Å². The van der Waals surface area contributed by atoms with E-state index >= 15 is 0 Å². The van der Waals surface area contributed by atoms with Crippen LogP contribution in [0.15, 0.2) is 46.2 Å². The van der Waals surface area contributed by atoms with Gasteiger partial charge in [0.1, 0.15) is 5.82 Å². The zero-order valence-electron chi connectivity index (χ0n) is 11.4. The van der Waals surface area contributed by atoms with Crippen molar-refractivity contribution in [1.29, 1.82) is 0 Å². The molecule has 0 aliphatic heterocycles. The van der Waals surface area contributed by atoms with E-state index in [-0.39, 0.29) is 11.9 Å². The molecule has 0 saturated carbocycles. The second kappa shape index (κ2) is 5.76. The van der Waals surface area contributed by atoms with Crippen LogP contribution in [0.2, 0.25) is 0 Å². The molecule has 100 valence electrons. The van der Waals surface area contributed by atoms with E-state index in [1.54, 1.807) is 6.07 Å². The summed E-state index contributed by atoms with van der Waals surface area (Å²) < 4.78 is 14.0. The normalized spacial score (nSPS) is 12.5. The summed E-state index contributed by atoms with van der Waals surface area (Å²) in [5.41, 5.74) is 8.96. The lowest BCUT2D eigenvalue weighted by molar-refractivity contribution is 0.596. The van der Waals surface area contributed by atoms with Crippen molar-refractivity contribution in [2.45, 2.75) is 36.6 Å². The molecule has 0 fully saturated rings. The van der Waals surface area contributed by atoms with Gasteiger partial charge in [0.2, 0.25) is 0 Å². The van der Waals surface area contributed by atoms with Gasteiger partial charge in [-0.05, 0) is 50.1 Å². The van der Waals surface area contributed by atoms with Crippen molar-refractivity contribution in [3.8, 4) is 0 Å². The molecule has 0 radical (unpaired) electrons. The number of nitrogens with two attached hydrogens (primary N) is 1. The van der Waals surface area contributed by atoms with Crippen molar-refractivity contribution in [2.75, 3.05) is 0 Å². The van der Waals surface area contributed by atoms with Gasteiger partial charge in [-0.3, -0.25) is 0 Å². The first-order valence-corrected chi connectivity index (χ1v) is 7.09. The van der Waals surface area contributed by atoms with Crippen LogP contribution >= 0.6 is 11.8 Å². The third kappa shape index (κ3) is 3.37. The predicted octanol–water partition coefficient (Wildman–Crippen LogP) is 4.61. The fourth-order valence-corrected chi connectivity index (χ4v) is 2.80. The van der Waals surface area contributed by atoms with E-state index in [9.17, 15) is 4.39 Å². The first-order chi connectivity index (χ1) is 8.97. The van der Waals surface area contributed by atoms with E-state index in [1.165, 1.54) is 29.0 Å². The Morgan fingerprint density at radius 3 is 2.32 bits per heavy atom. The third-order valence-electron chi connectivity index (χ3n) is 3.03. The molecule has 0 spiro atoms. The highest BCUT2D eigenvalue weighted by Crippen LogP contribution is 2.33. The van der Waals surface area contributed by atoms with Crippen LogP contribution in [0.5, 0.6) is 0 Å². The predicted molar refractivity (Wildman–Crippen MR) is 79.0 cm³/mol. The molecular formula is C16H18FNS. The summed E-state index contributed by atoms with van der Waals surface area (Å²) in [5, 5.41) is 0. The molecule has 2 aromatic rings. The molecule has 2 aromatic carbocycles. The van der Waals surface area contributed by atoms with Gasteiger partial charge in [-0.25, -0.2) is 4.39 Å². The van der Waals surface area contributed by atoms with Gasteiger partial charge in [-0.2, -0.15) is 0 Å². The molecule has 2 rings (SSSR count). The van der Waals surface area contributed by atoms with Gasteiger partial charge < -0.3 is 5.73 Å². The minimum absolute atomic E-state index is 0.144. The molecule has 2 N–H and O–H groups in total. The maximum atomic E-state index is 14.0. The molecule has 1 nitrogen and oxygen atoms in total. The SMILES string of the molecule is Cc1ccc(Sc2ccc([C@@H](C)N)cc2F)c(C)c1. The topological polar surface area (TPSA) is 26.0 Å². The zero-order chi connectivity index (χ0) is 14.0. The number of halogens is 1. The van der Waals surface area contributed by atoms with Crippen molar-refractivity contribution in [3.05, 3.63) is 58.9 Å². The number of hydrogen-bond acceptors (Lipinski definition) is 2. The van der Waals surface area contributed by atoms with Crippen LogP contribution < -0.4 is 5.73 Å². The Bertz CT molecular complexity index is 593. The summed E-state index contributed by atoms with van der Waals surface area (Å²) in [4.78, 5) is 1.72. The molecule has 0 bridgehead atoms. The van der Waals surface area contributed by atoms with Gasteiger partial charge in [0.25, 0.3) is 0 Å². The molecule has 0 aromatic heterocycles. The van der Waals surface area contributed by atoms with Gasteiger partial charge in [-0.15, -0.1) is 0 Å². The lowest BCUT2D eigenvalue weighted by atomic mass is 10.1. The van der Waals surface area contributed by atoms with Crippen molar-refractivity contribution in [2.24, 2.45) is 5.73 Å². The second-order valence-corrected chi connectivity index (χ2v) is 5.93. The van der Waals surface area contributed by atoms with Crippen molar-refractivity contribution < 1.29 is 4.39 Å². The van der Waals surface area contributed by atoms with E-state index in [4.69, 9.17) is 5.73 Å². The van der Waals surface area contributed by atoms with Crippen LogP contribution in [0, 0.1) is 19.7 Å². The monoisotopic (exact) mass is 275 g/mol. The van der Waals surface area contributed by atoms with Gasteiger partial charge >= 0.3 is 0 Å². The molecule has 0 aliphatic rings. The van der Waals surface area contributed by atoms with Crippen molar-refractivity contribution in [1.82, 2.24) is 0 Å². The molecule has 0 heterocycles. The van der Waals surface area contributed by atoms with E-state index in [0.29, 0.717) is 4.90 Å². The highest BCUT2D eigenvalue weighted by molar-refractivity contribution is 7.99. The number of aryl methyl sites for hydroxylation is 2. The third-order valence-corrected chi connectivity index (χ3v) is 4.26. The van der Waals surface area contributed by atoms with E-state index in [1.807, 2.05) is 32.0 Å². The largest absolute Gasteiger partial charge is 0.324 e. The van der Waals surface area contributed by atoms with Crippen LogP contribution in [0.4, 0.5) is 4.39 Å². The van der Waals surface area contributed by atoms with Crippen molar-refractivity contribution >= 4 is 11.8 Å². The smallest absolute Gasteiger partial charge is 0.137 e. The Balaban J connectivity index is 2.28. The molecule has 0 aliphatic carbocycles. The molecule has 0 unspecified atom stereocenters. The molecule has 19 heavy (non-hydrogen) atoms. The van der Waals surface area contributed by atoms with Crippen LogP contribution in [0.25, 0.3) is 0 Å². The lowest BCUT2D eigenvalue weighted by Crippen LogP contribution is -2.05. The van der Waals surface area contributed by atoms with Gasteiger partial charge in [0, 0.05) is 15.8 Å². The van der Waals surface area contributed by atoms with Crippen molar-refractivity contribution in [3.63, 3.8) is 0 Å². The van der Waals surface area contributed by atoms with Gasteiger partial charge in [0.15, 0.2) is 0 Å². The summed E-state index contributed by atoms with van der Waals surface area (Å²) in [6.07, 6.45) is 0. The zero-order valence-corrected chi connectivity index (χ0v) is 12.2. The van der Waals surface area contributed by atoms with Crippen LogP contribution in [-0.2, 0) is 0 Å². The fourth-order valence-electron chi connectivity index (χ4n) is 1.92. The Morgan fingerprint density at radius 2 is 1.74 bits per heavy atom. The summed E-state index contributed by atoms with van der Waals surface area (Å²) in [5.74, 6) is -0.209. The minimum atomic E-state index is -0.209. The van der Waals surface area contributed by atoms with Crippen LogP contribution in [0.3, 0.4) is 0 Å². The molecule has 3 heteroatoms. The minimum Gasteiger partial charge on any atom is -0.324 e. The second-order valence-electron chi connectivity index (χ2n) is 4.85. The average molecular weight is 275 g/mol. The van der Waals surface area contributed by atoms with E-state index in [0.717, 1.165) is 10.5 Å². The maximum Gasteiger partial charge on any atom is 0.137 e. The summed E-state index contributed by atoms with van der Waals surface area (Å²) >= 11 is 1.45. The van der Waals surface area contributed by atoms with Crippen LogP contribution in [-0.4, -0.2) is 0 Å². The lowest BCUT2D eigenvalue weighted by Gasteiger charge is -2.10.